The van der Waals surface area contributed by atoms with E-state index in [0.29, 0.717) is 5.92 Å². The lowest BCUT2D eigenvalue weighted by molar-refractivity contribution is -0.118. The zero-order chi connectivity index (χ0) is 13.5. The molecule has 18 heavy (non-hydrogen) atoms. The van der Waals surface area contributed by atoms with Crippen molar-refractivity contribution < 1.29 is 4.79 Å². The van der Waals surface area contributed by atoms with E-state index in [0.717, 1.165) is 24.4 Å². The number of allylic oxidation sites excluding steroid dienone is 3. The van der Waals surface area contributed by atoms with Gasteiger partial charge in [0.25, 0.3) is 0 Å². The molecule has 1 amide bonds. The smallest absolute Gasteiger partial charge is 0.221 e. The maximum atomic E-state index is 11.2. The van der Waals surface area contributed by atoms with Gasteiger partial charge in [0.05, 0.1) is 0 Å². The fourth-order valence-corrected chi connectivity index (χ4v) is 2.17. The highest BCUT2D eigenvalue weighted by molar-refractivity contribution is 5.75. The van der Waals surface area contributed by atoms with Crippen LogP contribution >= 0.6 is 0 Å². The van der Waals surface area contributed by atoms with Crippen LogP contribution in [0.5, 0.6) is 0 Å². The number of hydrogen-bond donors (Lipinski definition) is 2. The number of carbonyl (C=O) groups is 1. The molecule has 1 aliphatic heterocycles. The lowest BCUT2D eigenvalue weighted by Crippen LogP contribution is -2.19. The molecule has 1 saturated heterocycles. The zero-order valence-electron chi connectivity index (χ0n) is 11.9. The molecule has 4 heteroatoms. The lowest BCUT2D eigenvalue weighted by atomic mass is 10.0. The summed E-state index contributed by atoms with van der Waals surface area (Å²) in [5.41, 5.74) is 1.93. The monoisotopic (exact) mass is 251 g/mol. The average molecular weight is 251 g/mol. The largest absolute Gasteiger partial charge is 0.392 e. The highest BCUT2D eigenvalue weighted by Crippen LogP contribution is 2.19. The van der Waals surface area contributed by atoms with Crippen LogP contribution in [-0.4, -0.2) is 38.0 Å². The summed E-state index contributed by atoms with van der Waals surface area (Å²) in [6, 6.07) is 0. The molecule has 102 valence electrons. The Morgan fingerprint density at radius 1 is 1.44 bits per heavy atom. The first-order chi connectivity index (χ1) is 8.51. The molecule has 0 aromatic carbocycles. The van der Waals surface area contributed by atoms with Gasteiger partial charge >= 0.3 is 0 Å². The molecule has 0 saturated carbocycles. The Morgan fingerprint density at radius 2 is 2.17 bits per heavy atom. The maximum absolute atomic E-state index is 11.2. The standard InChI is InChI=1S/C14H25N3O/c1-11(15-3)9-14(16-12(2)18)6-5-13-7-8-17(4)10-13/h6,9,13,15H,5,7-8,10H2,1-4H3,(H,16,18)/b11-9-,14-6+. The molecule has 0 aromatic rings. The van der Waals surface area contributed by atoms with Gasteiger partial charge in [0.1, 0.15) is 0 Å². The zero-order valence-corrected chi connectivity index (χ0v) is 11.9. The predicted octanol–water partition coefficient (Wildman–Crippen LogP) is 1.47. The second-order valence-electron chi connectivity index (χ2n) is 5.07. The number of carbonyl (C=O) groups excluding carboxylic acids is 1. The van der Waals surface area contributed by atoms with Crippen LogP contribution in [0.15, 0.2) is 23.5 Å². The first-order valence-corrected chi connectivity index (χ1v) is 6.53. The van der Waals surface area contributed by atoms with Crippen molar-refractivity contribution in [3.63, 3.8) is 0 Å². The summed E-state index contributed by atoms with van der Waals surface area (Å²) in [5.74, 6) is 0.687. The Labute approximate surface area is 110 Å². The Balaban J connectivity index is 2.61. The van der Waals surface area contributed by atoms with Crippen molar-refractivity contribution in [3.05, 3.63) is 23.5 Å². The summed E-state index contributed by atoms with van der Waals surface area (Å²) < 4.78 is 0. The van der Waals surface area contributed by atoms with Gasteiger partial charge in [0.2, 0.25) is 5.91 Å². The topological polar surface area (TPSA) is 44.4 Å². The van der Waals surface area contributed by atoms with Crippen LogP contribution in [-0.2, 0) is 4.79 Å². The van der Waals surface area contributed by atoms with Crippen LogP contribution in [0.4, 0.5) is 0 Å². The molecule has 1 unspecified atom stereocenters. The highest BCUT2D eigenvalue weighted by atomic mass is 16.1. The summed E-state index contributed by atoms with van der Waals surface area (Å²) in [5, 5.41) is 5.94. The van der Waals surface area contributed by atoms with Crippen molar-refractivity contribution in [1.29, 1.82) is 0 Å². The Kier molecular flexibility index (Phi) is 5.92. The van der Waals surface area contributed by atoms with Crippen LogP contribution in [0.2, 0.25) is 0 Å². The van der Waals surface area contributed by atoms with Gasteiger partial charge in [-0.1, -0.05) is 6.08 Å². The van der Waals surface area contributed by atoms with Gasteiger partial charge in [-0.3, -0.25) is 4.79 Å². The van der Waals surface area contributed by atoms with Crippen LogP contribution in [0.25, 0.3) is 0 Å². The van der Waals surface area contributed by atoms with Crippen LogP contribution in [0, 0.1) is 5.92 Å². The third kappa shape index (κ3) is 5.36. The van der Waals surface area contributed by atoms with E-state index >= 15 is 0 Å². The second-order valence-corrected chi connectivity index (χ2v) is 5.07. The highest BCUT2D eigenvalue weighted by Gasteiger charge is 2.18. The van der Waals surface area contributed by atoms with Gasteiger partial charge in [-0.25, -0.2) is 0 Å². The van der Waals surface area contributed by atoms with E-state index in [2.05, 4.69) is 28.7 Å². The first kappa shape index (κ1) is 14.8. The molecule has 0 aromatic heterocycles. The van der Waals surface area contributed by atoms with Crippen LogP contribution < -0.4 is 10.6 Å². The normalized spacial score (nSPS) is 22.1. The summed E-state index contributed by atoms with van der Waals surface area (Å²) in [4.78, 5) is 13.5. The molecular formula is C14H25N3O. The van der Waals surface area contributed by atoms with Gasteiger partial charge in [0.15, 0.2) is 0 Å². The Morgan fingerprint density at radius 3 is 2.67 bits per heavy atom. The number of nitrogens with one attached hydrogen (secondary N) is 2. The fourth-order valence-electron chi connectivity index (χ4n) is 2.17. The minimum Gasteiger partial charge on any atom is -0.392 e. The van der Waals surface area contributed by atoms with E-state index in [4.69, 9.17) is 0 Å². The second kappa shape index (κ2) is 7.21. The van der Waals surface area contributed by atoms with E-state index in [1.165, 1.54) is 13.0 Å². The Bertz CT molecular complexity index is 347. The van der Waals surface area contributed by atoms with Gasteiger partial charge < -0.3 is 15.5 Å². The first-order valence-electron chi connectivity index (χ1n) is 6.53. The number of likely N-dealkylation sites (tertiary alicyclic amines) is 1. The number of nitrogens with zero attached hydrogens (tertiary/aromatic N) is 1. The van der Waals surface area contributed by atoms with Crippen molar-refractivity contribution in [2.24, 2.45) is 5.92 Å². The van der Waals surface area contributed by atoms with Gasteiger partial charge in [-0.05, 0) is 45.4 Å². The molecule has 1 rings (SSSR count). The third-order valence-corrected chi connectivity index (χ3v) is 3.25. The van der Waals surface area contributed by atoms with Crippen molar-refractivity contribution in [2.45, 2.75) is 26.7 Å². The molecule has 1 aliphatic rings. The van der Waals surface area contributed by atoms with E-state index in [1.807, 2.05) is 20.0 Å². The van der Waals surface area contributed by atoms with Crippen LogP contribution in [0.1, 0.15) is 26.7 Å². The molecule has 0 aliphatic carbocycles. The minimum absolute atomic E-state index is 0.0232. The van der Waals surface area contributed by atoms with E-state index in [-0.39, 0.29) is 5.91 Å². The maximum Gasteiger partial charge on any atom is 0.221 e. The molecular weight excluding hydrogens is 226 g/mol. The van der Waals surface area contributed by atoms with Crippen molar-refractivity contribution in [1.82, 2.24) is 15.5 Å². The summed E-state index contributed by atoms with van der Waals surface area (Å²) in [7, 11) is 4.03. The third-order valence-electron chi connectivity index (χ3n) is 3.25. The van der Waals surface area contributed by atoms with E-state index < -0.39 is 0 Å². The van der Waals surface area contributed by atoms with Crippen LogP contribution in [0.3, 0.4) is 0 Å². The number of hydrogen-bond acceptors (Lipinski definition) is 3. The summed E-state index contributed by atoms with van der Waals surface area (Å²) >= 11 is 0. The quantitative estimate of drug-likeness (QED) is 0.727. The van der Waals surface area contributed by atoms with Gasteiger partial charge in [-0.15, -0.1) is 0 Å². The van der Waals surface area contributed by atoms with Gasteiger partial charge in [0, 0.05) is 31.9 Å². The summed E-state index contributed by atoms with van der Waals surface area (Å²) in [6.07, 6.45) is 6.37. The average Bonchev–Trinajstić information content (AvgIpc) is 2.71. The Hall–Kier alpha value is -1.29. The van der Waals surface area contributed by atoms with E-state index in [9.17, 15) is 4.79 Å². The van der Waals surface area contributed by atoms with E-state index in [1.54, 1.807) is 6.92 Å². The molecule has 2 N–H and O–H groups in total. The molecule has 1 heterocycles. The molecule has 0 spiro atoms. The molecule has 1 atom stereocenters. The number of amides is 1. The van der Waals surface area contributed by atoms with Crippen molar-refractivity contribution in [3.8, 4) is 0 Å². The van der Waals surface area contributed by atoms with Gasteiger partial charge in [-0.2, -0.15) is 0 Å². The lowest BCUT2D eigenvalue weighted by Gasteiger charge is -2.10. The summed E-state index contributed by atoms with van der Waals surface area (Å²) in [6.45, 7) is 5.86. The molecule has 4 nitrogen and oxygen atoms in total. The van der Waals surface area contributed by atoms with Crippen molar-refractivity contribution in [2.75, 3.05) is 27.2 Å². The van der Waals surface area contributed by atoms with Crippen molar-refractivity contribution >= 4 is 5.91 Å². The minimum atomic E-state index is -0.0232. The SMILES string of the molecule is CN/C(C)=C\C(=C/CC1CCN(C)C1)NC(C)=O. The number of rotatable bonds is 5. The predicted molar refractivity (Wildman–Crippen MR) is 74.9 cm³/mol. The molecule has 1 fully saturated rings. The fraction of sp³-hybridized carbons (Fsp3) is 0.643. The molecule has 0 radical (unpaired) electrons. The molecule has 0 bridgehead atoms.